The lowest BCUT2D eigenvalue weighted by Crippen LogP contribution is -2.10. The lowest BCUT2D eigenvalue weighted by molar-refractivity contribution is 0.393. The summed E-state index contributed by atoms with van der Waals surface area (Å²) in [4.78, 5) is 20.7. The number of ether oxygens (including phenoxy) is 1. The highest BCUT2D eigenvalue weighted by Gasteiger charge is 2.20. The molecule has 7 heteroatoms. The highest BCUT2D eigenvalue weighted by atomic mass is 16.5. The molecule has 33 heavy (non-hydrogen) atoms. The van der Waals surface area contributed by atoms with Gasteiger partial charge in [-0.25, -0.2) is 4.98 Å². The Hall–Kier alpha value is -4.39. The molecule has 162 valence electrons. The molecule has 7 nitrogen and oxygen atoms in total. The van der Waals surface area contributed by atoms with Gasteiger partial charge >= 0.3 is 0 Å². The van der Waals surface area contributed by atoms with Gasteiger partial charge in [0.1, 0.15) is 23.0 Å². The molecular weight excluding hydrogens is 416 g/mol. The van der Waals surface area contributed by atoms with Gasteiger partial charge in [-0.3, -0.25) is 9.20 Å². The zero-order valence-electron chi connectivity index (χ0n) is 18.3. The maximum atomic E-state index is 13.1. The van der Waals surface area contributed by atoms with E-state index in [0.717, 1.165) is 39.0 Å². The molecule has 6 aromatic rings. The number of fused-ring (bicyclic) bond motifs is 4. The van der Waals surface area contributed by atoms with Crippen LogP contribution in [0.2, 0.25) is 0 Å². The Morgan fingerprint density at radius 2 is 1.82 bits per heavy atom. The van der Waals surface area contributed by atoms with E-state index in [1.807, 2.05) is 54.6 Å². The highest BCUT2D eigenvalue weighted by molar-refractivity contribution is 5.97. The first-order valence-electron chi connectivity index (χ1n) is 10.6. The minimum Gasteiger partial charge on any atom is -0.496 e. The summed E-state index contributed by atoms with van der Waals surface area (Å²) in [6, 6.07) is 18.0. The third-order valence-electron chi connectivity index (χ3n) is 6.14. The van der Waals surface area contributed by atoms with Crippen LogP contribution in [0, 0.1) is 13.8 Å². The molecule has 0 bridgehead atoms. The summed E-state index contributed by atoms with van der Waals surface area (Å²) in [5.41, 5.74) is 4.43. The summed E-state index contributed by atoms with van der Waals surface area (Å²) in [6.45, 7) is 3.72. The van der Waals surface area contributed by atoms with E-state index in [9.17, 15) is 4.79 Å². The van der Waals surface area contributed by atoms with E-state index >= 15 is 0 Å². The number of H-pyrrole nitrogens is 1. The van der Waals surface area contributed by atoms with Crippen LogP contribution in [-0.4, -0.2) is 26.6 Å². The lowest BCUT2D eigenvalue weighted by atomic mass is 10.0. The second-order valence-electron chi connectivity index (χ2n) is 8.05. The molecule has 0 spiro atoms. The van der Waals surface area contributed by atoms with Gasteiger partial charge in [0.05, 0.1) is 35.5 Å². The van der Waals surface area contributed by atoms with Crippen LogP contribution >= 0.6 is 0 Å². The molecule has 0 amide bonds. The van der Waals surface area contributed by atoms with Crippen molar-refractivity contribution in [1.82, 2.24) is 19.5 Å². The average Bonchev–Trinajstić information content (AvgIpc) is 3.40. The number of benzene rings is 3. The van der Waals surface area contributed by atoms with Gasteiger partial charge in [-0.1, -0.05) is 47.6 Å². The Bertz CT molecular complexity index is 1730. The molecule has 0 aliphatic rings. The molecule has 0 atom stereocenters. The summed E-state index contributed by atoms with van der Waals surface area (Å²) in [6.07, 6.45) is 1.69. The zero-order valence-corrected chi connectivity index (χ0v) is 18.3. The van der Waals surface area contributed by atoms with Crippen molar-refractivity contribution < 1.29 is 9.26 Å². The van der Waals surface area contributed by atoms with E-state index in [1.54, 1.807) is 13.3 Å². The Labute approximate surface area is 188 Å². The number of aromatic amines is 1. The first-order chi connectivity index (χ1) is 16.1. The summed E-state index contributed by atoms with van der Waals surface area (Å²) in [7, 11) is 1.62. The van der Waals surface area contributed by atoms with Crippen LogP contribution < -0.4 is 10.3 Å². The molecule has 0 unspecified atom stereocenters. The van der Waals surface area contributed by atoms with Gasteiger partial charge in [0, 0.05) is 17.2 Å². The molecular formula is C26H20N4O3. The average molecular weight is 436 g/mol. The first kappa shape index (κ1) is 19.3. The van der Waals surface area contributed by atoms with Crippen molar-refractivity contribution in [3.05, 3.63) is 82.6 Å². The van der Waals surface area contributed by atoms with Crippen LogP contribution in [0.15, 0.2) is 70.1 Å². The van der Waals surface area contributed by atoms with Crippen molar-refractivity contribution >= 4 is 27.3 Å². The number of aryl methyl sites for hydroxylation is 2. The van der Waals surface area contributed by atoms with Crippen molar-refractivity contribution in [2.24, 2.45) is 0 Å². The Balaban J connectivity index is 1.73. The Morgan fingerprint density at radius 1 is 1.00 bits per heavy atom. The topological polar surface area (TPSA) is 85.4 Å². The zero-order chi connectivity index (χ0) is 22.7. The fourth-order valence-electron chi connectivity index (χ4n) is 4.65. The number of nitrogens with one attached hydrogen (secondary N) is 1. The standard InChI is InChI=1S/C26H20N4O3/c1-14-24(15(2)33-29-14)20-11-19-21(12-22(20)32-3)30-23(28-26(19)31)13-27-25(30)18-10-6-8-16-7-4-5-9-17(16)18/h4-13H,1-3H3,(H,28,31). The van der Waals surface area contributed by atoms with E-state index in [2.05, 4.69) is 33.3 Å². The third-order valence-corrected chi connectivity index (χ3v) is 6.14. The monoisotopic (exact) mass is 436 g/mol. The summed E-state index contributed by atoms with van der Waals surface area (Å²) < 4.78 is 13.1. The normalized spacial score (nSPS) is 11.6. The van der Waals surface area contributed by atoms with Gasteiger partial charge in [-0.15, -0.1) is 0 Å². The highest BCUT2D eigenvalue weighted by Crippen LogP contribution is 2.38. The van der Waals surface area contributed by atoms with Gasteiger partial charge < -0.3 is 14.2 Å². The van der Waals surface area contributed by atoms with E-state index < -0.39 is 0 Å². The van der Waals surface area contributed by atoms with E-state index in [4.69, 9.17) is 9.26 Å². The van der Waals surface area contributed by atoms with E-state index in [1.165, 1.54) is 0 Å². The molecule has 0 saturated carbocycles. The van der Waals surface area contributed by atoms with Crippen LogP contribution in [0.3, 0.4) is 0 Å². The minimum absolute atomic E-state index is 0.197. The number of rotatable bonds is 3. The molecule has 0 radical (unpaired) electrons. The fraction of sp³-hybridized carbons (Fsp3) is 0.115. The lowest BCUT2D eigenvalue weighted by Gasteiger charge is -2.13. The number of aromatic nitrogens is 4. The van der Waals surface area contributed by atoms with Crippen LogP contribution in [-0.2, 0) is 0 Å². The number of methoxy groups -OCH3 is 1. The maximum absolute atomic E-state index is 13.1. The van der Waals surface area contributed by atoms with Crippen LogP contribution in [0.4, 0.5) is 0 Å². The molecule has 3 aromatic carbocycles. The van der Waals surface area contributed by atoms with Crippen molar-refractivity contribution in [3.63, 3.8) is 0 Å². The third kappa shape index (κ3) is 2.79. The number of imidazole rings is 1. The van der Waals surface area contributed by atoms with Gasteiger partial charge in [0.2, 0.25) is 0 Å². The molecule has 0 aliphatic heterocycles. The van der Waals surface area contributed by atoms with Gasteiger partial charge in [-0.05, 0) is 30.7 Å². The molecule has 1 N–H and O–H groups in total. The summed E-state index contributed by atoms with van der Waals surface area (Å²) >= 11 is 0. The molecule has 0 fully saturated rings. The number of hydrogen-bond donors (Lipinski definition) is 1. The van der Waals surface area contributed by atoms with Crippen LogP contribution in [0.1, 0.15) is 11.5 Å². The Morgan fingerprint density at radius 3 is 2.61 bits per heavy atom. The van der Waals surface area contributed by atoms with Gasteiger partial charge in [-0.2, -0.15) is 0 Å². The van der Waals surface area contributed by atoms with Crippen molar-refractivity contribution in [3.8, 4) is 28.3 Å². The number of hydrogen-bond acceptors (Lipinski definition) is 5. The predicted octanol–water partition coefficient (Wildman–Crippen LogP) is 5.28. The molecule has 0 saturated heterocycles. The summed E-state index contributed by atoms with van der Waals surface area (Å²) in [5.74, 6) is 2.04. The minimum atomic E-state index is -0.197. The smallest absolute Gasteiger partial charge is 0.258 e. The summed E-state index contributed by atoms with van der Waals surface area (Å²) in [5, 5.41) is 6.80. The van der Waals surface area contributed by atoms with E-state index in [0.29, 0.717) is 28.1 Å². The predicted molar refractivity (Wildman–Crippen MR) is 128 cm³/mol. The second-order valence-corrected chi connectivity index (χ2v) is 8.05. The van der Waals surface area contributed by atoms with Crippen molar-refractivity contribution in [2.75, 3.05) is 7.11 Å². The van der Waals surface area contributed by atoms with Gasteiger partial charge in [0.15, 0.2) is 0 Å². The molecule has 6 rings (SSSR count). The van der Waals surface area contributed by atoms with Gasteiger partial charge in [0.25, 0.3) is 5.56 Å². The van der Waals surface area contributed by atoms with Crippen LogP contribution in [0.25, 0.3) is 49.8 Å². The Kier molecular flexibility index (Phi) is 4.13. The molecule has 0 aliphatic carbocycles. The largest absolute Gasteiger partial charge is 0.496 e. The maximum Gasteiger partial charge on any atom is 0.258 e. The van der Waals surface area contributed by atoms with Crippen molar-refractivity contribution in [1.29, 1.82) is 0 Å². The van der Waals surface area contributed by atoms with Crippen LogP contribution in [0.5, 0.6) is 5.75 Å². The van der Waals surface area contributed by atoms with E-state index in [-0.39, 0.29) is 5.56 Å². The molecule has 3 heterocycles. The fourth-order valence-corrected chi connectivity index (χ4v) is 4.65. The second kappa shape index (κ2) is 7.06. The quantitative estimate of drug-likeness (QED) is 0.408. The van der Waals surface area contributed by atoms with Crippen molar-refractivity contribution in [2.45, 2.75) is 13.8 Å². The SMILES string of the molecule is COc1cc2c(cc1-c1c(C)noc1C)c(=O)[nH]c1cnc(-c3cccc4ccccc34)n12. The molecule has 3 aromatic heterocycles. The first-order valence-corrected chi connectivity index (χ1v) is 10.6. The number of nitrogens with zero attached hydrogens (tertiary/aromatic N) is 3.